The van der Waals surface area contributed by atoms with E-state index in [0.29, 0.717) is 0 Å². The van der Waals surface area contributed by atoms with Crippen LogP contribution in [-0.2, 0) is 6.54 Å². The molecular formula is C11H17ClN2. The number of rotatable bonds is 5. The smallest absolute Gasteiger partial charge is 0.0409 e. The highest BCUT2D eigenvalue weighted by Crippen LogP contribution is 2.11. The number of hydrogen-bond donors (Lipinski definition) is 1. The molecule has 0 aromatic heterocycles. The third-order valence-electron chi connectivity index (χ3n) is 2.09. The lowest BCUT2D eigenvalue weighted by molar-refractivity contribution is 0.328. The molecule has 1 aromatic rings. The summed E-state index contributed by atoms with van der Waals surface area (Å²) < 4.78 is 0. The molecule has 2 nitrogen and oxygen atoms in total. The Labute approximate surface area is 90.9 Å². The second-order valence-corrected chi connectivity index (χ2v) is 3.91. The molecule has 0 saturated carbocycles. The van der Waals surface area contributed by atoms with Crippen LogP contribution in [0, 0.1) is 0 Å². The molecule has 0 amide bonds. The van der Waals surface area contributed by atoms with Gasteiger partial charge in [-0.2, -0.15) is 0 Å². The predicted molar refractivity (Wildman–Crippen MR) is 61.7 cm³/mol. The fourth-order valence-corrected chi connectivity index (χ4v) is 1.54. The van der Waals surface area contributed by atoms with Crippen LogP contribution in [0.1, 0.15) is 5.56 Å². The van der Waals surface area contributed by atoms with Crippen molar-refractivity contribution in [2.75, 3.05) is 27.2 Å². The van der Waals surface area contributed by atoms with Gasteiger partial charge in [-0.15, -0.1) is 0 Å². The Balaban J connectivity index is 2.43. The number of nitrogens with zero attached hydrogens (tertiary/aromatic N) is 1. The van der Waals surface area contributed by atoms with Gasteiger partial charge in [0.15, 0.2) is 0 Å². The third kappa shape index (κ3) is 4.09. The van der Waals surface area contributed by atoms with Gasteiger partial charge in [0.25, 0.3) is 0 Å². The Morgan fingerprint density at radius 3 is 2.86 bits per heavy atom. The minimum atomic E-state index is 0.810. The van der Waals surface area contributed by atoms with Gasteiger partial charge in [-0.05, 0) is 31.8 Å². The first kappa shape index (κ1) is 11.5. The van der Waals surface area contributed by atoms with Crippen molar-refractivity contribution in [3.8, 4) is 0 Å². The van der Waals surface area contributed by atoms with E-state index in [2.05, 4.69) is 23.3 Å². The SMILES string of the molecule is CNCCN(C)Cc1cccc(Cl)c1. The van der Waals surface area contributed by atoms with Crippen molar-refractivity contribution in [2.45, 2.75) is 6.54 Å². The molecule has 78 valence electrons. The Bertz CT molecular complexity index is 276. The molecule has 0 fully saturated rings. The van der Waals surface area contributed by atoms with Gasteiger partial charge >= 0.3 is 0 Å². The van der Waals surface area contributed by atoms with Crippen LogP contribution in [0.2, 0.25) is 5.02 Å². The summed E-state index contributed by atoms with van der Waals surface area (Å²) in [7, 11) is 4.07. The second-order valence-electron chi connectivity index (χ2n) is 3.47. The quantitative estimate of drug-likeness (QED) is 0.803. The maximum absolute atomic E-state index is 5.90. The standard InChI is InChI=1S/C11H17ClN2/c1-13-6-7-14(2)9-10-4-3-5-11(12)8-10/h3-5,8,13H,6-7,9H2,1-2H3. The highest BCUT2D eigenvalue weighted by molar-refractivity contribution is 6.30. The average molecular weight is 213 g/mol. The van der Waals surface area contributed by atoms with Crippen molar-refractivity contribution in [1.82, 2.24) is 10.2 Å². The number of benzene rings is 1. The van der Waals surface area contributed by atoms with Gasteiger partial charge in [-0.3, -0.25) is 0 Å². The number of halogens is 1. The van der Waals surface area contributed by atoms with E-state index in [1.165, 1.54) is 5.56 Å². The van der Waals surface area contributed by atoms with Crippen LogP contribution < -0.4 is 5.32 Å². The monoisotopic (exact) mass is 212 g/mol. The molecule has 14 heavy (non-hydrogen) atoms. The highest BCUT2D eigenvalue weighted by Gasteiger charge is 1.99. The van der Waals surface area contributed by atoms with Crippen LogP contribution in [0.5, 0.6) is 0 Å². The van der Waals surface area contributed by atoms with Gasteiger partial charge in [0, 0.05) is 24.7 Å². The molecule has 0 heterocycles. The summed E-state index contributed by atoms with van der Waals surface area (Å²) in [4.78, 5) is 2.27. The van der Waals surface area contributed by atoms with Crippen molar-refractivity contribution in [3.63, 3.8) is 0 Å². The predicted octanol–water partition coefficient (Wildman–Crippen LogP) is 1.99. The first-order valence-corrected chi connectivity index (χ1v) is 5.18. The van der Waals surface area contributed by atoms with Crippen LogP contribution in [-0.4, -0.2) is 32.1 Å². The molecule has 0 unspecified atom stereocenters. The summed E-state index contributed by atoms with van der Waals surface area (Å²) in [5, 5.41) is 3.94. The van der Waals surface area contributed by atoms with Crippen LogP contribution in [0.15, 0.2) is 24.3 Å². The number of hydrogen-bond acceptors (Lipinski definition) is 2. The van der Waals surface area contributed by atoms with Gasteiger partial charge in [-0.1, -0.05) is 23.7 Å². The van der Waals surface area contributed by atoms with E-state index >= 15 is 0 Å². The average Bonchev–Trinajstić information content (AvgIpc) is 2.15. The van der Waals surface area contributed by atoms with Gasteiger partial charge < -0.3 is 10.2 Å². The Morgan fingerprint density at radius 2 is 2.21 bits per heavy atom. The topological polar surface area (TPSA) is 15.3 Å². The normalized spacial score (nSPS) is 10.9. The molecule has 0 saturated heterocycles. The number of likely N-dealkylation sites (N-methyl/N-ethyl adjacent to an activating group) is 2. The molecule has 1 N–H and O–H groups in total. The van der Waals surface area contributed by atoms with Crippen LogP contribution in [0.3, 0.4) is 0 Å². The zero-order valence-corrected chi connectivity index (χ0v) is 9.51. The maximum Gasteiger partial charge on any atom is 0.0409 e. The Hall–Kier alpha value is -0.570. The summed E-state index contributed by atoms with van der Waals surface area (Å²) in [6.07, 6.45) is 0. The fourth-order valence-electron chi connectivity index (χ4n) is 1.33. The van der Waals surface area contributed by atoms with E-state index < -0.39 is 0 Å². The summed E-state index contributed by atoms with van der Waals surface area (Å²) in [5.41, 5.74) is 1.26. The first-order valence-electron chi connectivity index (χ1n) is 4.80. The van der Waals surface area contributed by atoms with Crippen LogP contribution in [0.25, 0.3) is 0 Å². The summed E-state index contributed by atoms with van der Waals surface area (Å²) >= 11 is 5.90. The molecular weight excluding hydrogens is 196 g/mol. The number of nitrogens with one attached hydrogen (secondary N) is 1. The molecule has 0 atom stereocenters. The molecule has 0 aliphatic heterocycles. The van der Waals surface area contributed by atoms with Crippen LogP contribution >= 0.6 is 11.6 Å². The van der Waals surface area contributed by atoms with E-state index in [9.17, 15) is 0 Å². The second kappa shape index (κ2) is 6.02. The lowest BCUT2D eigenvalue weighted by atomic mass is 10.2. The molecule has 0 bridgehead atoms. The fraction of sp³-hybridized carbons (Fsp3) is 0.455. The van der Waals surface area contributed by atoms with E-state index in [4.69, 9.17) is 11.6 Å². The summed E-state index contributed by atoms with van der Waals surface area (Å²) in [6, 6.07) is 8.00. The first-order chi connectivity index (χ1) is 6.72. The summed E-state index contributed by atoms with van der Waals surface area (Å²) in [6.45, 7) is 3.00. The van der Waals surface area contributed by atoms with Crippen molar-refractivity contribution < 1.29 is 0 Å². The van der Waals surface area contributed by atoms with Crippen LogP contribution in [0.4, 0.5) is 0 Å². The van der Waals surface area contributed by atoms with E-state index in [-0.39, 0.29) is 0 Å². The van der Waals surface area contributed by atoms with Crippen molar-refractivity contribution in [1.29, 1.82) is 0 Å². The van der Waals surface area contributed by atoms with Gasteiger partial charge in [0.05, 0.1) is 0 Å². The lowest BCUT2D eigenvalue weighted by Gasteiger charge is -2.16. The van der Waals surface area contributed by atoms with E-state index in [1.807, 2.05) is 25.2 Å². The Kier molecular flexibility index (Phi) is 4.94. The summed E-state index contributed by atoms with van der Waals surface area (Å²) in [5.74, 6) is 0. The maximum atomic E-state index is 5.90. The van der Waals surface area contributed by atoms with E-state index in [1.54, 1.807) is 0 Å². The minimum absolute atomic E-state index is 0.810. The lowest BCUT2D eigenvalue weighted by Crippen LogP contribution is -2.26. The molecule has 1 aromatic carbocycles. The molecule has 3 heteroatoms. The largest absolute Gasteiger partial charge is 0.318 e. The van der Waals surface area contributed by atoms with Gasteiger partial charge in [0.1, 0.15) is 0 Å². The molecule has 1 rings (SSSR count). The molecule has 0 radical (unpaired) electrons. The molecule has 0 aliphatic rings. The zero-order valence-electron chi connectivity index (χ0n) is 8.76. The van der Waals surface area contributed by atoms with Gasteiger partial charge in [-0.25, -0.2) is 0 Å². The Morgan fingerprint density at radius 1 is 1.43 bits per heavy atom. The van der Waals surface area contributed by atoms with E-state index in [0.717, 1.165) is 24.7 Å². The molecule has 0 aliphatic carbocycles. The van der Waals surface area contributed by atoms with Crippen molar-refractivity contribution >= 4 is 11.6 Å². The minimum Gasteiger partial charge on any atom is -0.318 e. The zero-order chi connectivity index (χ0) is 10.4. The molecule has 0 spiro atoms. The highest BCUT2D eigenvalue weighted by atomic mass is 35.5. The van der Waals surface area contributed by atoms with Crippen molar-refractivity contribution in [3.05, 3.63) is 34.9 Å². The third-order valence-corrected chi connectivity index (χ3v) is 2.32. The van der Waals surface area contributed by atoms with Crippen molar-refractivity contribution in [2.24, 2.45) is 0 Å². The van der Waals surface area contributed by atoms with Gasteiger partial charge in [0.2, 0.25) is 0 Å².